The maximum absolute atomic E-state index is 8.74. The molecule has 0 unspecified atom stereocenters. The summed E-state index contributed by atoms with van der Waals surface area (Å²) in [5, 5.41) is 17.3. The molecule has 2 aromatic heterocycles. The molecule has 0 radical (unpaired) electrons. The summed E-state index contributed by atoms with van der Waals surface area (Å²) in [4.78, 5) is 11.7. The Morgan fingerprint density at radius 1 is 1.07 bits per heavy atom. The topological polar surface area (TPSA) is 91.2 Å². The monoisotopic (exact) mass is 196 g/mol. The largest absolute Gasteiger partial charge is 0.274 e. The van der Waals surface area contributed by atoms with Crippen LogP contribution in [0.4, 0.5) is 0 Å². The summed E-state index contributed by atoms with van der Waals surface area (Å²) in [6, 6.07) is 3.79. The Kier molecular flexibility index (Phi) is 2.10. The van der Waals surface area contributed by atoms with Gasteiger partial charge in [-0.25, -0.2) is 15.0 Å². The predicted octanol–water partition coefficient (Wildman–Crippen LogP) is 0.406. The molecular formula is C9H4N6. The zero-order valence-corrected chi connectivity index (χ0v) is 7.49. The standard InChI is InChI=1S/C9H4N6/c10-3-7-5-14-9(6-13-7)15-2-1-12-8(15)4-11/h1-2,5-6H. The van der Waals surface area contributed by atoms with E-state index in [0.717, 1.165) is 0 Å². The van der Waals surface area contributed by atoms with E-state index >= 15 is 0 Å². The number of nitrogens with zero attached hydrogens (tertiary/aromatic N) is 6. The third-order valence-electron chi connectivity index (χ3n) is 1.74. The van der Waals surface area contributed by atoms with E-state index < -0.39 is 0 Å². The molecule has 0 N–H and O–H groups in total. The van der Waals surface area contributed by atoms with Crippen molar-refractivity contribution in [3.8, 4) is 18.0 Å². The summed E-state index contributed by atoms with van der Waals surface area (Å²) < 4.78 is 1.49. The molecule has 6 heteroatoms. The maximum atomic E-state index is 8.74. The molecule has 0 bridgehead atoms. The smallest absolute Gasteiger partial charge is 0.218 e. The Bertz CT molecular complexity index is 554. The van der Waals surface area contributed by atoms with Gasteiger partial charge in [-0.2, -0.15) is 10.5 Å². The quantitative estimate of drug-likeness (QED) is 0.658. The van der Waals surface area contributed by atoms with E-state index in [1.807, 2.05) is 12.1 Å². The van der Waals surface area contributed by atoms with Gasteiger partial charge in [0.15, 0.2) is 11.5 Å². The van der Waals surface area contributed by atoms with Gasteiger partial charge in [0.2, 0.25) is 5.82 Å². The third-order valence-corrected chi connectivity index (χ3v) is 1.74. The fourth-order valence-electron chi connectivity index (χ4n) is 1.07. The number of imidazole rings is 1. The van der Waals surface area contributed by atoms with Crippen LogP contribution in [0.2, 0.25) is 0 Å². The Balaban J connectivity index is 2.48. The van der Waals surface area contributed by atoms with Crippen LogP contribution in [0.5, 0.6) is 0 Å². The highest BCUT2D eigenvalue weighted by atomic mass is 15.1. The highest BCUT2D eigenvalue weighted by molar-refractivity contribution is 5.28. The maximum Gasteiger partial charge on any atom is 0.218 e. The summed E-state index contributed by atoms with van der Waals surface area (Å²) in [6.07, 6.45) is 5.87. The molecule has 0 amide bonds. The number of aromatic nitrogens is 4. The molecule has 0 aliphatic rings. The molecule has 70 valence electrons. The molecular weight excluding hydrogens is 192 g/mol. The molecule has 0 fully saturated rings. The first kappa shape index (κ1) is 8.85. The first-order chi connectivity index (χ1) is 7.35. The van der Waals surface area contributed by atoms with Crippen molar-refractivity contribution in [1.82, 2.24) is 19.5 Å². The molecule has 6 nitrogen and oxygen atoms in total. The van der Waals surface area contributed by atoms with Crippen LogP contribution in [0.15, 0.2) is 24.8 Å². The fraction of sp³-hybridized carbons (Fsp3) is 0. The van der Waals surface area contributed by atoms with Gasteiger partial charge in [0, 0.05) is 12.4 Å². The lowest BCUT2D eigenvalue weighted by atomic mass is 10.5. The molecule has 0 saturated heterocycles. The number of nitriles is 2. The van der Waals surface area contributed by atoms with Gasteiger partial charge in [-0.1, -0.05) is 0 Å². The fourth-order valence-corrected chi connectivity index (χ4v) is 1.07. The van der Waals surface area contributed by atoms with Gasteiger partial charge in [-0.15, -0.1) is 0 Å². The van der Waals surface area contributed by atoms with E-state index in [9.17, 15) is 0 Å². The molecule has 2 rings (SSSR count). The first-order valence-corrected chi connectivity index (χ1v) is 4.01. The van der Waals surface area contributed by atoms with Gasteiger partial charge >= 0.3 is 0 Å². The van der Waals surface area contributed by atoms with Crippen LogP contribution >= 0.6 is 0 Å². The summed E-state index contributed by atoms with van der Waals surface area (Å²) in [7, 11) is 0. The second kappa shape index (κ2) is 3.56. The highest BCUT2D eigenvalue weighted by Gasteiger charge is 2.05. The van der Waals surface area contributed by atoms with Gasteiger partial charge < -0.3 is 0 Å². The summed E-state index contributed by atoms with van der Waals surface area (Å²) >= 11 is 0. The Hall–Kier alpha value is -2.73. The zero-order valence-electron chi connectivity index (χ0n) is 7.49. The van der Waals surface area contributed by atoms with Crippen LogP contribution in [0.3, 0.4) is 0 Å². The van der Waals surface area contributed by atoms with Crippen LogP contribution in [0.25, 0.3) is 5.82 Å². The summed E-state index contributed by atoms with van der Waals surface area (Å²) in [5.74, 6) is 0.692. The van der Waals surface area contributed by atoms with Gasteiger partial charge in [0.25, 0.3) is 0 Å². The molecule has 0 aliphatic heterocycles. The van der Waals surface area contributed by atoms with Crippen LogP contribution in [-0.2, 0) is 0 Å². The predicted molar refractivity (Wildman–Crippen MR) is 48.6 cm³/mol. The Labute approximate surface area is 85.1 Å². The van der Waals surface area contributed by atoms with E-state index in [1.165, 1.54) is 23.2 Å². The van der Waals surface area contributed by atoms with Crippen LogP contribution < -0.4 is 0 Å². The number of rotatable bonds is 1. The van der Waals surface area contributed by atoms with Gasteiger partial charge in [0.05, 0.1) is 12.4 Å². The van der Waals surface area contributed by atoms with Crippen LogP contribution in [0.1, 0.15) is 11.5 Å². The minimum absolute atomic E-state index is 0.231. The van der Waals surface area contributed by atoms with E-state index in [2.05, 4.69) is 15.0 Å². The molecule has 15 heavy (non-hydrogen) atoms. The minimum Gasteiger partial charge on any atom is -0.274 e. The highest BCUT2D eigenvalue weighted by Crippen LogP contribution is 2.05. The SMILES string of the molecule is N#Cc1cnc(-n2ccnc2C#N)cn1. The lowest BCUT2D eigenvalue weighted by Crippen LogP contribution is -2.00. The number of hydrogen-bond acceptors (Lipinski definition) is 5. The molecule has 0 aliphatic carbocycles. The molecule has 0 aromatic carbocycles. The van der Waals surface area contributed by atoms with E-state index in [4.69, 9.17) is 10.5 Å². The van der Waals surface area contributed by atoms with Crippen molar-refractivity contribution < 1.29 is 0 Å². The summed E-state index contributed by atoms with van der Waals surface area (Å²) in [6.45, 7) is 0. The van der Waals surface area contributed by atoms with Crippen molar-refractivity contribution in [2.45, 2.75) is 0 Å². The van der Waals surface area contributed by atoms with Crippen molar-refractivity contribution in [3.05, 3.63) is 36.3 Å². The van der Waals surface area contributed by atoms with Crippen molar-refractivity contribution in [2.75, 3.05) is 0 Å². The van der Waals surface area contributed by atoms with Gasteiger partial charge in [0.1, 0.15) is 12.1 Å². The Morgan fingerprint density at radius 2 is 1.93 bits per heavy atom. The van der Waals surface area contributed by atoms with E-state index in [0.29, 0.717) is 5.82 Å². The van der Waals surface area contributed by atoms with Crippen LogP contribution in [-0.4, -0.2) is 19.5 Å². The van der Waals surface area contributed by atoms with E-state index in [1.54, 1.807) is 6.20 Å². The van der Waals surface area contributed by atoms with Gasteiger partial charge in [-0.3, -0.25) is 4.57 Å². The molecule has 2 aromatic rings. The molecule has 2 heterocycles. The average Bonchev–Trinajstić information content (AvgIpc) is 2.77. The molecule has 0 spiro atoms. The average molecular weight is 196 g/mol. The third kappa shape index (κ3) is 1.52. The minimum atomic E-state index is 0.231. The van der Waals surface area contributed by atoms with Crippen molar-refractivity contribution >= 4 is 0 Å². The second-order valence-electron chi connectivity index (χ2n) is 2.60. The number of hydrogen-bond donors (Lipinski definition) is 0. The molecule has 0 atom stereocenters. The van der Waals surface area contributed by atoms with E-state index in [-0.39, 0.29) is 11.5 Å². The van der Waals surface area contributed by atoms with Gasteiger partial charge in [-0.05, 0) is 0 Å². The van der Waals surface area contributed by atoms with Crippen LogP contribution in [0, 0.1) is 22.7 Å². The second-order valence-corrected chi connectivity index (χ2v) is 2.60. The Morgan fingerprint density at radius 3 is 2.53 bits per heavy atom. The normalized spacial score (nSPS) is 9.20. The lowest BCUT2D eigenvalue weighted by Gasteiger charge is -2.00. The zero-order chi connectivity index (χ0) is 10.7. The van der Waals surface area contributed by atoms with Crippen molar-refractivity contribution in [3.63, 3.8) is 0 Å². The lowest BCUT2D eigenvalue weighted by molar-refractivity contribution is 0.944. The van der Waals surface area contributed by atoms with Crippen molar-refractivity contribution in [1.29, 1.82) is 10.5 Å². The summed E-state index contributed by atoms with van der Waals surface area (Å²) in [5.41, 5.74) is 0.234. The molecule has 0 saturated carbocycles. The first-order valence-electron chi connectivity index (χ1n) is 4.01. The van der Waals surface area contributed by atoms with Crippen molar-refractivity contribution in [2.24, 2.45) is 0 Å².